The van der Waals surface area contributed by atoms with Gasteiger partial charge in [-0.3, -0.25) is 0 Å². The largest absolute Gasteiger partial charge is 0.396 e. The predicted molar refractivity (Wildman–Crippen MR) is 120 cm³/mol. The van der Waals surface area contributed by atoms with Gasteiger partial charge in [-0.1, -0.05) is 63.1 Å². The van der Waals surface area contributed by atoms with E-state index in [1.165, 1.54) is 33.4 Å². The standard InChI is InChI=1S/C26H38O2/c1-3-21-19-25(15-13-23(21)11-7-5-9-17-27)26-16-14-24(22(4-2)20-26)12-8-6-10-18-28/h13-16,19-20,27-28H,3-12,17-18H2,1-2H3. The summed E-state index contributed by atoms with van der Waals surface area (Å²) >= 11 is 0. The lowest BCUT2D eigenvalue weighted by Gasteiger charge is -2.14. The lowest BCUT2D eigenvalue weighted by Crippen LogP contribution is -1.97. The minimum absolute atomic E-state index is 0.302. The maximum atomic E-state index is 8.95. The Morgan fingerprint density at radius 2 is 0.964 bits per heavy atom. The summed E-state index contributed by atoms with van der Waals surface area (Å²) in [5.41, 5.74) is 8.45. The zero-order chi connectivity index (χ0) is 20.2. The van der Waals surface area contributed by atoms with Crippen LogP contribution >= 0.6 is 0 Å². The maximum absolute atomic E-state index is 8.95. The highest BCUT2D eigenvalue weighted by atomic mass is 16.3. The number of aliphatic hydroxyl groups excluding tert-OH is 2. The summed E-state index contributed by atoms with van der Waals surface area (Å²) in [6.45, 7) is 5.08. The number of unbranched alkanes of at least 4 members (excludes halogenated alkanes) is 4. The summed E-state index contributed by atoms with van der Waals surface area (Å²) in [6, 6.07) is 13.9. The van der Waals surface area contributed by atoms with Gasteiger partial charge in [-0.2, -0.15) is 0 Å². The Morgan fingerprint density at radius 1 is 0.536 bits per heavy atom. The molecule has 2 nitrogen and oxygen atoms in total. The molecule has 0 bridgehead atoms. The highest BCUT2D eigenvalue weighted by molar-refractivity contribution is 5.66. The third-order valence-corrected chi connectivity index (χ3v) is 5.72. The first-order chi connectivity index (χ1) is 13.7. The first-order valence-electron chi connectivity index (χ1n) is 11.2. The van der Waals surface area contributed by atoms with Crippen LogP contribution in [0.2, 0.25) is 0 Å². The molecule has 2 heteroatoms. The molecule has 154 valence electrons. The van der Waals surface area contributed by atoms with Crippen molar-refractivity contribution in [1.29, 1.82) is 0 Å². The average molecular weight is 383 g/mol. The van der Waals surface area contributed by atoms with E-state index in [9.17, 15) is 0 Å². The third kappa shape index (κ3) is 6.76. The van der Waals surface area contributed by atoms with Crippen LogP contribution in [0.5, 0.6) is 0 Å². The van der Waals surface area contributed by atoms with E-state index in [4.69, 9.17) is 10.2 Å². The van der Waals surface area contributed by atoms with Gasteiger partial charge in [0.15, 0.2) is 0 Å². The number of aryl methyl sites for hydroxylation is 4. The molecule has 0 spiro atoms. The minimum atomic E-state index is 0.302. The van der Waals surface area contributed by atoms with E-state index in [1.54, 1.807) is 0 Å². The Morgan fingerprint density at radius 3 is 1.32 bits per heavy atom. The third-order valence-electron chi connectivity index (χ3n) is 5.72. The number of hydrogen-bond acceptors (Lipinski definition) is 2. The van der Waals surface area contributed by atoms with Crippen molar-refractivity contribution in [3.8, 4) is 11.1 Å². The Kier molecular flexibility index (Phi) is 10.3. The van der Waals surface area contributed by atoms with E-state index in [-0.39, 0.29) is 0 Å². The number of benzene rings is 2. The zero-order valence-corrected chi connectivity index (χ0v) is 17.8. The molecule has 0 aliphatic rings. The van der Waals surface area contributed by atoms with Gasteiger partial charge >= 0.3 is 0 Å². The monoisotopic (exact) mass is 382 g/mol. The molecule has 0 saturated carbocycles. The van der Waals surface area contributed by atoms with Crippen LogP contribution in [-0.4, -0.2) is 23.4 Å². The summed E-state index contributed by atoms with van der Waals surface area (Å²) in [5.74, 6) is 0. The predicted octanol–water partition coefficient (Wildman–Crippen LogP) is 5.89. The quantitative estimate of drug-likeness (QED) is 0.424. The van der Waals surface area contributed by atoms with Gasteiger partial charge in [0.1, 0.15) is 0 Å². The normalized spacial score (nSPS) is 11.1. The van der Waals surface area contributed by atoms with Crippen molar-refractivity contribution in [1.82, 2.24) is 0 Å². The lowest BCUT2D eigenvalue weighted by molar-refractivity contribution is 0.283. The fraction of sp³-hybridized carbons (Fsp3) is 0.538. The van der Waals surface area contributed by atoms with Crippen molar-refractivity contribution < 1.29 is 10.2 Å². The van der Waals surface area contributed by atoms with Crippen molar-refractivity contribution in [2.24, 2.45) is 0 Å². The summed E-state index contributed by atoms with van der Waals surface area (Å²) in [6.07, 6.45) is 10.7. The van der Waals surface area contributed by atoms with Crippen LogP contribution in [-0.2, 0) is 25.7 Å². The molecule has 0 heterocycles. The van der Waals surface area contributed by atoms with Gasteiger partial charge in [0.2, 0.25) is 0 Å². The molecule has 28 heavy (non-hydrogen) atoms. The molecule has 0 saturated heterocycles. The molecule has 2 N–H and O–H groups in total. The van der Waals surface area contributed by atoms with E-state index in [1.807, 2.05) is 0 Å². The fourth-order valence-corrected chi connectivity index (χ4v) is 3.97. The molecule has 2 aromatic rings. The fourth-order valence-electron chi connectivity index (χ4n) is 3.97. The molecule has 2 rings (SSSR count). The van der Waals surface area contributed by atoms with Crippen LogP contribution in [0.1, 0.15) is 74.6 Å². The van der Waals surface area contributed by atoms with Crippen molar-refractivity contribution in [2.75, 3.05) is 13.2 Å². The van der Waals surface area contributed by atoms with Crippen LogP contribution in [0.25, 0.3) is 11.1 Å². The van der Waals surface area contributed by atoms with Gasteiger partial charge in [0, 0.05) is 13.2 Å². The number of hydrogen-bond donors (Lipinski definition) is 2. The number of aliphatic hydroxyl groups is 2. The molecule has 0 aliphatic carbocycles. The molecule has 2 aromatic carbocycles. The summed E-state index contributed by atoms with van der Waals surface area (Å²) < 4.78 is 0. The number of rotatable bonds is 13. The summed E-state index contributed by atoms with van der Waals surface area (Å²) in [7, 11) is 0. The highest BCUT2D eigenvalue weighted by Gasteiger charge is 2.08. The molecular weight excluding hydrogens is 344 g/mol. The smallest absolute Gasteiger partial charge is 0.0431 e. The van der Waals surface area contributed by atoms with Crippen molar-refractivity contribution >= 4 is 0 Å². The van der Waals surface area contributed by atoms with E-state index < -0.39 is 0 Å². The Hall–Kier alpha value is -1.64. The molecule has 0 fully saturated rings. The second-order valence-corrected chi connectivity index (χ2v) is 7.74. The van der Waals surface area contributed by atoms with Crippen LogP contribution in [0.15, 0.2) is 36.4 Å². The van der Waals surface area contributed by atoms with E-state index in [0.29, 0.717) is 13.2 Å². The molecule has 0 unspecified atom stereocenters. The van der Waals surface area contributed by atoms with Crippen LogP contribution in [0.3, 0.4) is 0 Å². The van der Waals surface area contributed by atoms with Gasteiger partial charge in [-0.15, -0.1) is 0 Å². The van der Waals surface area contributed by atoms with Gasteiger partial charge < -0.3 is 10.2 Å². The lowest BCUT2D eigenvalue weighted by atomic mass is 9.92. The zero-order valence-electron chi connectivity index (χ0n) is 17.8. The van der Waals surface area contributed by atoms with Gasteiger partial charge in [-0.05, 0) is 84.7 Å². The first kappa shape index (κ1) is 22.6. The second kappa shape index (κ2) is 12.7. The van der Waals surface area contributed by atoms with Gasteiger partial charge in [-0.25, -0.2) is 0 Å². The molecule has 0 aromatic heterocycles. The maximum Gasteiger partial charge on any atom is 0.0431 e. The topological polar surface area (TPSA) is 40.5 Å². The Balaban J connectivity index is 2.12. The van der Waals surface area contributed by atoms with Crippen LogP contribution in [0.4, 0.5) is 0 Å². The summed E-state index contributed by atoms with van der Waals surface area (Å²) in [5, 5.41) is 17.9. The molecule has 0 amide bonds. The molecule has 0 aliphatic heterocycles. The first-order valence-corrected chi connectivity index (χ1v) is 11.2. The van der Waals surface area contributed by atoms with E-state index in [2.05, 4.69) is 50.2 Å². The van der Waals surface area contributed by atoms with Gasteiger partial charge in [0.05, 0.1) is 0 Å². The Labute approximate surface area is 171 Å². The highest BCUT2D eigenvalue weighted by Crippen LogP contribution is 2.27. The molecule has 0 radical (unpaired) electrons. The van der Waals surface area contributed by atoms with E-state index >= 15 is 0 Å². The summed E-state index contributed by atoms with van der Waals surface area (Å²) in [4.78, 5) is 0. The molecule has 0 atom stereocenters. The van der Waals surface area contributed by atoms with Crippen molar-refractivity contribution in [2.45, 2.75) is 78.1 Å². The van der Waals surface area contributed by atoms with Gasteiger partial charge in [0.25, 0.3) is 0 Å². The van der Waals surface area contributed by atoms with E-state index in [0.717, 1.165) is 64.2 Å². The van der Waals surface area contributed by atoms with Crippen molar-refractivity contribution in [3.63, 3.8) is 0 Å². The second-order valence-electron chi connectivity index (χ2n) is 7.74. The van der Waals surface area contributed by atoms with Crippen molar-refractivity contribution in [3.05, 3.63) is 58.7 Å². The Bertz CT molecular complexity index is 644. The minimum Gasteiger partial charge on any atom is -0.396 e. The van der Waals surface area contributed by atoms with Crippen LogP contribution in [0, 0.1) is 0 Å². The molecular formula is C26H38O2. The average Bonchev–Trinajstić information content (AvgIpc) is 2.74. The van der Waals surface area contributed by atoms with Crippen LogP contribution < -0.4 is 0 Å². The SMILES string of the molecule is CCc1cc(-c2ccc(CCCCCO)c(CC)c2)ccc1CCCCCO.